The molecule has 0 bridgehead atoms. The molecule has 0 saturated heterocycles. The summed E-state index contributed by atoms with van der Waals surface area (Å²) in [5, 5.41) is 10.2. The van der Waals surface area contributed by atoms with Crippen LogP contribution in [0.1, 0.15) is 38.5 Å². The van der Waals surface area contributed by atoms with Gasteiger partial charge in [0.05, 0.1) is 0 Å². The van der Waals surface area contributed by atoms with Crippen LogP contribution in [0.4, 0.5) is 13.2 Å². The van der Waals surface area contributed by atoms with E-state index in [1.165, 1.54) is 0 Å². The zero-order chi connectivity index (χ0) is 14.7. The number of rotatable bonds is 2. The smallest absolute Gasteiger partial charge is 0.379 e. The minimum absolute atomic E-state index is 0.449. The van der Waals surface area contributed by atoms with Gasteiger partial charge in [0.25, 0.3) is 0 Å². The van der Waals surface area contributed by atoms with Crippen molar-refractivity contribution in [3.05, 3.63) is 0 Å². The maximum atomic E-state index is 13.2. The van der Waals surface area contributed by atoms with Crippen molar-refractivity contribution in [2.45, 2.75) is 69.9 Å². The van der Waals surface area contributed by atoms with Crippen molar-refractivity contribution in [1.82, 2.24) is 0 Å². The lowest BCUT2D eigenvalue weighted by atomic mass is 9.75. The molecule has 1 atom stereocenters. The number of alkyl halides is 3. The van der Waals surface area contributed by atoms with Crippen molar-refractivity contribution >= 4 is 8.07 Å². The minimum atomic E-state index is -4.59. The second-order valence-electron chi connectivity index (χ2n) is 6.49. The van der Waals surface area contributed by atoms with Crippen molar-refractivity contribution in [3.63, 3.8) is 0 Å². The fraction of sp³-hybridized carbons (Fsp3) is 0.857. The molecule has 0 aromatic carbocycles. The molecule has 110 valence electrons. The molecule has 1 saturated carbocycles. The summed E-state index contributed by atoms with van der Waals surface area (Å²) in [4.78, 5) is 0. The van der Waals surface area contributed by atoms with Crippen LogP contribution in [0, 0.1) is 17.4 Å². The first-order valence-electron chi connectivity index (χ1n) is 6.85. The van der Waals surface area contributed by atoms with Crippen LogP contribution in [0.15, 0.2) is 0 Å². The van der Waals surface area contributed by atoms with E-state index in [-0.39, 0.29) is 0 Å². The molecule has 19 heavy (non-hydrogen) atoms. The largest absolute Gasteiger partial charge is 0.418 e. The molecule has 1 aliphatic rings. The first-order chi connectivity index (χ1) is 8.56. The van der Waals surface area contributed by atoms with Crippen molar-refractivity contribution in [1.29, 1.82) is 0 Å². The van der Waals surface area contributed by atoms with Gasteiger partial charge in [-0.25, -0.2) is 0 Å². The summed E-state index contributed by atoms with van der Waals surface area (Å²) >= 11 is 0. The van der Waals surface area contributed by atoms with Gasteiger partial charge in [-0.15, -0.1) is 11.5 Å². The van der Waals surface area contributed by atoms with Crippen molar-refractivity contribution in [2.24, 2.45) is 5.92 Å². The Bertz CT molecular complexity index is 356. The molecule has 5 heteroatoms. The lowest BCUT2D eigenvalue weighted by molar-refractivity contribution is -0.280. The molecule has 0 aliphatic heterocycles. The average molecular weight is 292 g/mol. The van der Waals surface area contributed by atoms with Gasteiger partial charge >= 0.3 is 6.18 Å². The van der Waals surface area contributed by atoms with Gasteiger partial charge in [-0.3, -0.25) is 0 Å². The van der Waals surface area contributed by atoms with Gasteiger partial charge in [0.15, 0.2) is 5.60 Å². The Morgan fingerprint density at radius 3 is 2.05 bits per heavy atom. The van der Waals surface area contributed by atoms with Crippen LogP contribution in [0.25, 0.3) is 0 Å². The molecule has 1 N–H and O–H groups in total. The number of hydrogen-bond acceptors (Lipinski definition) is 1. The van der Waals surface area contributed by atoms with Gasteiger partial charge in [0.1, 0.15) is 8.07 Å². The molecule has 0 aromatic rings. The lowest BCUT2D eigenvalue weighted by Crippen LogP contribution is -2.51. The molecule has 0 amide bonds. The third kappa shape index (κ3) is 4.53. The van der Waals surface area contributed by atoms with Gasteiger partial charge in [-0.05, 0) is 18.8 Å². The molecule has 1 nitrogen and oxygen atoms in total. The fourth-order valence-electron chi connectivity index (χ4n) is 2.50. The van der Waals surface area contributed by atoms with E-state index in [4.69, 9.17) is 0 Å². The highest BCUT2D eigenvalue weighted by molar-refractivity contribution is 6.83. The average Bonchev–Trinajstić information content (AvgIpc) is 2.26. The van der Waals surface area contributed by atoms with E-state index in [0.717, 1.165) is 19.3 Å². The van der Waals surface area contributed by atoms with Crippen LogP contribution < -0.4 is 0 Å². The monoisotopic (exact) mass is 292 g/mol. The first kappa shape index (κ1) is 16.6. The first-order valence-corrected chi connectivity index (χ1v) is 10.4. The van der Waals surface area contributed by atoms with Crippen LogP contribution in [0.2, 0.25) is 19.6 Å². The summed E-state index contributed by atoms with van der Waals surface area (Å²) in [6.07, 6.45) is -1.68. The van der Waals surface area contributed by atoms with Gasteiger partial charge in [-0.2, -0.15) is 13.2 Å². The Labute approximate surface area is 114 Å². The lowest BCUT2D eigenvalue weighted by Gasteiger charge is -2.38. The number of halogens is 3. The van der Waals surface area contributed by atoms with Gasteiger partial charge in [0, 0.05) is 6.42 Å². The van der Waals surface area contributed by atoms with E-state index in [1.54, 1.807) is 0 Å². The predicted molar refractivity (Wildman–Crippen MR) is 73.3 cm³/mol. The minimum Gasteiger partial charge on any atom is -0.379 e. The van der Waals surface area contributed by atoms with Crippen LogP contribution in [-0.4, -0.2) is 25.0 Å². The van der Waals surface area contributed by atoms with E-state index in [1.807, 2.05) is 19.6 Å². The normalized spacial score (nSPS) is 21.4. The standard InChI is InChI=1S/C14H23F3OSi/c1-19(2,3)11-7-10-13(18,14(15,16)17)12-8-5-4-6-9-12/h12,18H,4-6,8-10H2,1-3H3/t13-/m1/s1. The van der Waals surface area contributed by atoms with Crippen LogP contribution >= 0.6 is 0 Å². The molecule has 1 fully saturated rings. The second kappa shape index (κ2) is 5.88. The molecule has 1 aliphatic carbocycles. The highest BCUT2D eigenvalue weighted by atomic mass is 28.3. The summed E-state index contributed by atoms with van der Waals surface area (Å²) in [6, 6.07) is 0. The van der Waals surface area contributed by atoms with E-state index >= 15 is 0 Å². The third-order valence-corrected chi connectivity index (χ3v) is 4.52. The second-order valence-corrected chi connectivity index (χ2v) is 11.2. The zero-order valence-corrected chi connectivity index (χ0v) is 12.9. The molecule has 0 radical (unpaired) electrons. The maximum absolute atomic E-state index is 13.2. The highest BCUT2D eigenvalue weighted by Gasteiger charge is 2.57. The topological polar surface area (TPSA) is 20.2 Å². The maximum Gasteiger partial charge on any atom is 0.418 e. The Morgan fingerprint density at radius 2 is 1.63 bits per heavy atom. The summed E-state index contributed by atoms with van der Waals surface area (Å²) in [5.74, 6) is 1.91. The quantitative estimate of drug-likeness (QED) is 0.599. The van der Waals surface area contributed by atoms with Crippen LogP contribution in [-0.2, 0) is 0 Å². The van der Waals surface area contributed by atoms with Crippen LogP contribution in [0.3, 0.4) is 0 Å². The van der Waals surface area contributed by atoms with E-state index in [0.29, 0.717) is 12.8 Å². The number of aliphatic hydroxyl groups is 1. The Morgan fingerprint density at radius 1 is 1.11 bits per heavy atom. The summed E-state index contributed by atoms with van der Waals surface area (Å²) in [5.41, 5.74) is 0.293. The fourth-order valence-corrected chi connectivity index (χ4v) is 3.12. The molecular formula is C14H23F3OSi. The Balaban J connectivity index is 2.89. The van der Waals surface area contributed by atoms with Gasteiger partial charge in [-0.1, -0.05) is 38.9 Å². The molecule has 1 rings (SSSR count). The summed E-state index contributed by atoms with van der Waals surface area (Å²) < 4.78 is 39.6. The van der Waals surface area contributed by atoms with E-state index in [9.17, 15) is 18.3 Å². The third-order valence-electron chi connectivity index (χ3n) is 3.59. The molecule has 0 heterocycles. The molecular weight excluding hydrogens is 269 g/mol. The van der Waals surface area contributed by atoms with Gasteiger partial charge in [0.2, 0.25) is 0 Å². The molecule has 0 aromatic heterocycles. The SMILES string of the molecule is C[Si](C)(C)C#CC[C@@](O)(C1CCCCC1)C(F)(F)F. The van der Waals surface area contributed by atoms with Crippen molar-refractivity contribution in [2.75, 3.05) is 0 Å². The number of hydrogen-bond donors (Lipinski definition) is 1. The summed E-state index contributed by atoms with van der Waals surface area (Å²) in [6.45, 7) is 5.94. The molecule has 0 spiro atoms. The van der Waals surface area contributed by atoms with Crippen molar-refractivity contribution in [3.8, 4) is 11.5 Å². The predicted octanol–water partition coefficient (Wildman–Crippen LogP) is 4.13. The van der Waals surface area contributed by atoms with E-state index < -0.39 is 32.2 Å². The summed E-state index contributed by atoms with van der Waals surface area (Å²) in [7, 11) is -1.71. The Kier molecular flexibility index (Phi) is 5.13. The van der Waals surface area contributed by atoms with E-state index in [2.05, 4.69) is 11.5 Å². The van der Waals surface area contributed by atoms with Gasteiger partial charge < -0.3 is 5.11 Å². The molecule has 0 unspecified atom stereocenters. The van der Waals surface area contributed by atoms with Crippen molar-refractivity contribution < 1.29 is 18.3 Å². The highest BCUT2D eigenvalue weighted by Crippen LogP contribution is 2.44. The van der Waals surface area contributed by atoms with Crippen LogP contribution in [0.5, 0.6) is 0 Å². The zero-order valence-electron chi connectivity index (χ0n) is 11.9. The Hall–Kier alpha value is -0.473.